The van der Waals surface area contributed by atoms with Crippen molar-refractivity contribution in [2.45, 2.75) is 25.8 Å². The Balaban J connectivity index is 1.35. The van der Waals surface area contributed by atoms with Gasteiger partial charge in [0.15, 0.2) is 11.5 Å². The van der Waals surface area contributed by atoms with Crippen LogP contribution in [0.3, 0.4) is 0 Å². The molecule has 2 aromatic carbocycles. The van der Waals surface area contributed by atoms with Gasteiger partial charge < -0.3 is 20.3 Å². The van der Waals surface area contributed by atoms with Gasteiger partial charge in [0.05, 0.1) is 7.11 Å². The molecule has 0 bridgehead atoms. The van der Waals surface area contributed by atoms with Gasteiger partial charge in [0.1, 0.15) is 5.75 Å². The van der Waals surface area contributed by atoms with Crippen molar-refractivity contribution in [2.75, 3.05) is 25.5 Å². The maximum atomic E-state index is 12.9. The van der Waals surface area contributed by atoms with E-state index in [-0.39, 0.29) is 29.4 Å². The van der Waals surface area contributed by atoms with Crippen molar-refractivity contribution >= 4 is 23.5 Å². The molecule has 0 unspecified atom stereocenters. The number of nitrogens with zero attached hydrogens (tertiary/aromatic N) is 3. The Kier molecular flexibility index (Phi) is 7.35. The second-order valence-electron chi connectivity index (χ2n) is 8.35. The Hall–Kier alpha value is -4.27. The van der Waals surface area contributed by atoms with Gasteiger partial charge in [0.25, 0.3) is 17.7 Å². The number of carbonyl (C=O) groups excluding carboxylic acids is 3. The number of aromatic nitrogens is 2. The molecule has 180 valence electrons. The van der Waals surface area contributed by atoms with E-state index in [0.29, 0.717) is 42.8 Å². The monoisotopic (exact) mass is 473 g/mol. The Morgan fingerprint density at radius 2 is 1.66 bits per heavy atom. The molecule has 1 aliphatic heterocycles. The normalized spacial score (nSPS) is 13.7. The van der Waals surface area contributed by atoms with Crippen molar-refractivity contribution < 1.29 is 19.1 Å². The Morgan fingerprint density at radius 1 is 0.943 bits per heavy atom. The van der Waals surface area contributed by atoms with E-state index < -0.39 is 5.91 Å². The van der Waals surface area contributed by atoms with Crippen LogP contribution in [0.2, 0.25) is 0 Å². The van der Waals surface area contributed by atoms with Crippen LogP contribution in [-0.4, -0.2) is 58.8 Å². The minimum Gasteiger partial charge on any atom is -0.497 e. The largest absolute Gasteiger partial charge is 0.497 e. The lowest BCUT2D eigenvalue weighted by molar-refractivity contribution is 0.0697. The molecule has 1 aromatic heterocycles. The Morgan fingerprint density at radius 3 is 2.34 bits per heavy atom. The highest BCUT2D eigenvalue weighted by atomic mass is 16.5. The first-order valence-corrected chi connectivity index (χ1v) is 11.4. The SMILES string of the molecule is COc1ccc(C(=O)N2CCC(NC(=O)c3nccnc3NC(=O)c3cccc(C)c3)CC2)cc1. The lowest BCUT2D eigenvalue weighted by Crippen LogP contribution is -2.46. The highest BCUT2D eigenvalue weighted by molar-refractivity contribution is 6.07. The molecule has 4 rings (SSSR count). The first kappa shape index (κ1) is 23.9. The van der Waals surface area contributed by atoms with Crippen molar-refractivity contribution in [3.8, 4) is 5.75 Å². The summed E-state index contributed by atoms with van der Waals surface area (Å²) >= 11 is 0. The lowest BCUT2D eigenvalue weighted by atomic mass is 10.0. The molecule has 3 aromatic rings. The van der Waals surface area contributed by atoms with Gasteiger partial charge in [-0.15, -0.1) is 0 Å². The summed E-state index contributed by atoms with van der Waals surface area (Å²) in [6.45, 7) is 2.94. The number of piperidine rings is 1. The molecule has 1 aliphatic rings. The zero-order valence-electron chi connectivity index (χ0n) is 19.7. The highest BCUT2D eigenvalue weighted by Crippen LogP contribution is 2.18. The van der Waals surface area contributed by atoms with Crippen LogP contribution in [0.25, 0.3) is 0 Å². The van der Waals surface area contributed by atoms with E-state index in [4.69, 9.17) is 4.74 Å². The number of ether oxygens (including phenoxy) is 1. The first-order valence-electron chi connectivity index (χ1n) is 11.4. The summed E-state index contributed by atoms with van der Waals surface area (Å²) in [6.07, 6.45) is 4.05. The van der Waals surface area contributed by atoms with E-state index in [9.17, 15) is 14.4 Å². The average molecular weight is 474 g/mol. The van der Waals surface area contributed by atoms with Crippen LogP contribution in [-0.2, 0) is 0 Å². The molecule has 1 fully saturated rings. The highest BCUT2D eigenvalue weighted by Gasteiger charge is 2.26. The summed E-state index contributed by atoms with van der Waals surface area (Å²) in [5.74, 6) is -0.0382. The second kappa shape index (κ2) is 10.8. The molecule has 2 heterocycles. The molecule has 1 saturated heterocycles. The van der Waals surface area contributed by atoms with Gasteiger partial charge in [-0.3, -0.25) is 14.4 Å². The fraction of sp³-hybridized carbons (Fsp3) is 0.269. The molecular formula is C26H27N5O4. The van der Waals surface area contributed by atoms with Gasteiger partial charge in [0.2, 0.25) is 0 Å². The zero-order valence-corrected chi connectivity index (χ0v) is 19.7. The molecule has 2 N–H and O–H groups in total. The van der Waals surface area contributed by atoms with E-state index in [1.54, 1.807) is 54.5 Å². The van der Waals surface area contributed by atoms with E-state index in [1.807, 2.05) is 13.0 Å². The van der Waals surface area contributed by atoms with Crippen LogP contribution in [0.5, 0.6) is 5.75 Å². The van der Waals surface area contributed by atoms with Crippen molar-refractivity contribution in [2.24, 2.45) is 0 Å². The van der Waals surface area contributed by atoms with Crippen LogP contribution < -0.4 is 15.4 Å². The third kappa shape index (κ3) is 5.81. The van der Waals surface area contributed by atoms with Gasteiger partial charge in [-0.2, -0.15) is 0 Å². The maximum absolute atomic E-state index is 12.9. The smallest absolute Gasteiger partial charge is 0.273 e. The molecule has 0 spiro atoms. The molecular weight excluding hydrogens is 446 g/mol. The number of hydrogen-bond donors (Lipinski definition) is 2. The minimum absolute atomic E-state index is 0.0465. The van der Waals surface area contributed by atoms with Crippen molar-refractivity contribution in [1.82, 2.24) is 20.2 Å². The number of rotatable bonds is 6. The number of carbonyl (C=O) groups is 3. The number of aryl methyl sites for hydroxylation is 1. The number of methoxy groups -OCH3 is 1. The predicted octanol–water partition coefficient (Wildman–Crippen LogP) is 3.08. The lowest BCUT2D eigenvalue weighted by Gasteiger charge is -2.32. The van der Waals surface area contributed by atoms with Crippen molar-refractivity contribution in [3.63, 3.8) is 0 Å². The van der Waals surface area contributed by atoms with Crippen LogP contribution in [0, 0.1) is 6.92 Å². The summed E-state index contributed by atoms with van der Waals surface area (Å²) < 4.78 is 5.14. The summed E-state index contributed by atoms with van der Waals surface area (Å²) in [5, 5.41) is 5.65. The molecule has 35 heavy (non-hydrogen) atoms. The van der Waals surface area contributed by atoms with E-state index in [0.717, 1.165) is 5.56 Å². The molecule has 9 heteroatoms. The van der Waals surface area contributed by atoms with Gasteiger partial charge in [0, 0.05) is 42.7 Å². The number of anilines is 1. The van der Waals surface area contributed by atoms with E-state index in [2.05, 4.69) is 20.6 Å². The van der Waals surface area contributed by atoms with Crippen molar-refractivity contribution in [3.05, 3.63) is 83.3 Å². The van der Waals surface area contributed by atoms with Gasteiger partial charge in [-0.05, 0) is 56.2 Å². The van der Waals surface area contributed by atoms with Gasteiger partial charge in [-0.25, -0.2) is 9.97 Å². The molecule has 3 amide bonds. The summed E-state index contributed by atoms with van der Waals surface area (Å²) in [6, 6.07) is 14.0. The number of nitrogens with one attached hydrogen (secondary N) is 2. The number of hydrogen-bond acceptors (Lipinski definition) is 6. The third-order valence-corrected chi connectivity index (χ3v) is 5.88. The minimum atomic E-state index is -0.419. The van der Waals surface area contributed by atoms with E-state index >= 15 is 0 Å². The Labute approximate surface area is 203 Å². The molecule has 0 saturated carbocycles. The standard InChI is InChI=1S/C26H27N5O4/c1-17-4-3-5-19(16-17)24(32)30-23-22(27-12-13-28-23)25(33)29-20-10-14-31(15-11-20)26(34)18-6-8-21(35-2)9-7-18/h3-9,12-13,16,20H,10-11,14-15H2,1-2H3,(H,29,33)(H,28,30,32). The fourth-order valence-corrected chi connectivity index (χ4v) is 3.96. The van der Waals surface area contributed by atoms with Gasteiger partial charge in [-0.1, -0.05) is 17.7 Å². The zero-order chi connectivity index (χ0) is 24.8. The summed E-state index contributed by atoms with van der Waals surface area (Å²) in [7, 11) is 1.58. The first-order chi connectivity index (χ1) is 16.9. The predicted molar refractivity (Wildman–Crippen MR) is 131 cm³/mol. The average Bonchev–Trinajstić information content (AvgIpc) is 2.89. The third-order valence-electron chi connectivity index (χ3n) is 5.88. The quantitative estimate of drug-likeness (QED) is 0.569. The maximum Gasteiger partial charge on any atom is 0.273 e. The number of likely N-dealkylation sites (tertiary alicyclic amines) is 1. The topological polar surface area (TPSA) is 114 Å². The van der Waals surface area contributed by atoms with Crippen LogP contribution in [0.15, 0.2) is 60.9 Å². The molecule has 0 radical (unpaired) electrons. The molecule has 0 atom stereocenters. The molecule has 0 aliphatic carbocycles. The fourth-order valence-electron chi connectivity index (χ4n) is 3.96. The van der Waals surface area contributed by atoms with E-state index in [1.165, 1.54) is 12.4 Å². The molecule has 9 nitrogen and oxygen atoms in total. The van der Waals surface area contributed by atoms with Gasteiger partial charge >= 0.3 is 0 Å². The van der Waals surface area contributed by atoms with Crippen LogP contribution in [0.4, 0.5) is 5.82 Å². The second-order valence-corrected chi connectivity index (χ2v) is 8.35. The van der Waals surface area contributed by atoms with Crippen LogP contribution in [0.1, 0.15) is 49.6 Å². The summed E-state index contributed by atoms with van der Waals surface area (Å²) in [4.78, 5) is 48.4. The number of amides is 3. The number of benzene rings is 2. The van der Waals surface area contributed by atoms with Crippen molar-refractivity contribution in [1.29, 1.82) is 0 Å². The summed E-state index contributed by atoms with van der Waals surface area (Å²) in [5.41, 5.74) is 2.06. The Bertz CT molecular complexity index is 1220. The van der Waals surface area contributed by atoms with Crippen LogP contribution >= 0.6 is 0 Å².